The number of nitrogens with two attached hydrogens (primary N) is 1. The second-order valence-corrected chi connectivity index (χ2v) is 9.59. The molecule has 3 heterocycles. The van der Waals surface area contributed by atoms with Gasteiger partial charge in [-0.25, -0.2) is 9.78 Å². The summed E-state index contributed by atoms with van der Waals surface area (Å²) < 4.78 is 12.6. The standard InChI is InChI=1S/C27H29N5O3S/c1-2-32(26(28)33)27-30-24-16-21(35-18-19-6-4-3-5-7-19)15-22(25(24)36-27)23-14-20(8-9-29-23)17-31-10-12-34-13-11-31/h3-9,14-16H,2,10-13,17-18H2,1H3,(H2,28,33). The van der Waals surface area contributed by atoms with Crippen LogP contribution in [0.25, 0.3) is 21.5 Å². The molecule has 0 atom stereocenters. The van der Waals surface area contributed by atoms with E-state index < -0.39 is 6.03 Å². The van der Waals surface area contributed by atoms with Gasteiger partial charge in [0.2, 0.25) is 0 Å². The number of urea groups is 1. The molecular formula is C27H29N5O3S. The Balaban J connectivity index is 1.52. The molecule has 0 unspecified atom stereocenters. The number of hydrogen-bond donors (Lipinski definition) is 1. The van der Waals surface area contributed by atoms with Crippen molar-refractivity contribution in [2.24, 2.45) is 5.73 Å². The van der Waals surface area contributed by atoms with Gasteiger partial charge in [-0.05, 0) is 36.2 Å². The smallest absolute Gasteiger partial charge is 0.321 e. The predicted molar refractivity (Wildman–Crippen MR) is 142 cm³/mol. The maximum absolute atomic E-state index is 12.0. The molecule has 5 rings (SSSR count). The second-order valence-electron chi connectivity index (χ2n) is 8.61. The molecular weight excluding hydrogens is 474 g/mol. The number of thiazole rings is 1. The number of morpholine rings is 1. The Morgan fingerprint density at radius 3 is 2.69 bits per heavy atom. The topological polar surface area (TPSA) is 93.8 Å². The number of rotatable bonds is 8. The Morgan fingerprint density at radius 1 is 1.14 bits per heavy atom. The van der Waals surface area contributed by atoms with Crippen LogP contribution in [0.15, 0.2) is 60.8 Å². The van der Waals surface area contributed by atoms with Gasteiger partial charge in [0.1, 0.15) is 12.4 Å². The van der Waals surface area contributed by atoms with Crippen LogP contribution in [0.1, 0.15) is 18.1 Å². The highest BCUT2D eigenvalue weighted by molar-refractivity contribution is 7.23. The Kier molecular flexibility index (Phi) is 7.41. The quantitative estimate of drug-likeness (QED) is 0.375. The van der Waals surface area contributed by atoms with Crippen LogP contribution in [-0.2, 0) is 17.9 Å². The van der Waals surface area contributed by atoms with Crippen molar-refractivity contribution in [1.29, 1.82) is 0 Å². The number of ether oxygens (including phenoxy) is 2. The number of carbonyl (C=O) groups excluding carboxylic acids is 1. The third-order valence-corrected chi connectivity index (χ3v) is 7.25. The lowest BCUT2D eigenvalue weighted by molar-refractivity contribution is 0.0342. The van der Waals surface area contributed by atoms with Crippen molar-refractivity contribution in [2.75, 3.05) is 37.7 Å². The summed E-state index contributed by atoms with van der Waals surface area (Å²) >= 11 is 1.44. The first kappa shape index (κ1) is 24.2. The molecule has 9 heteroatoms. The Morgan fingerprint density at radius 2 is 1.94 bits per heavy atom. The first-order valence-electron chi connectivity index (χ1n) is 12.0. The number of benzene rings is 2. The van der Waals surface area contributed by atoms with Gasteiger partial charge in [-0.15, -0.1) is 0 Å². The molecule has 36 heavy (non-hydrogen) atoms. The van der Waals surface area contributed by atoms with Crippen molar-refractivity contribution >= 4 is 32.7 Å². The summed E-state index contributed by atoms with van der Waals surface area (Å²) in [7, 11) is 0. The van der Waals surface area contributed by atoms with E-state index in [-0.39, 0.29) is 0 Å². The minimum atomic E-state index is -0.524. The lowest BCUT2D eigenvalue weighted by atomic mass is 10.1. The van der Waals surface area contributed by atoms with Gasteiger partial charge in [0.15, 0.2) is 5.13 Å². The Bertz CT molecular complexity index is 1340. The largest absolute Gasteiger partial charge is 0.489 e. The predicted octanol–water partition coefficient (Wildman–Crippen LogP) is 4.67. The number of carbonyl (C=O) groups is 1. The summed E-state index contributed by atoms with van der Waals surface area (Å²) in [6.07, 6.45) is 1.85. The van der Waals surface area contributed by atoms with Crippen LogP contribution in [0.2, 0.25) is 0 Å². The van der Waals surface area contributed by atoms with E-state index in [1.807, 2.05) is 55.6 Å². The van der Waals surface area contributed by atoms with Crippen LogP contribution in [-0.4, -0.2) is 53.7 Å². The van der Waals surface area contributed by atoms with E-state index in [4.69, 9.17) is 25.2 Å². The number of primary amides is 1. The molecule has 2 aromatic carbocycles. The van der Waals surface area contributed by atoms with E-state index in [1.54, 1.807) is 0 Å². The van der Waals surface area contributed by atoms with Gasteiger partial charge in [-0.3, -0.25) is 14.8 Å². The number of pyridine rings is 1. The van der Waals surface area contributed by atoms with Crippen LogP contribution < -0.4 is 15.4 Å². The highest BCUT2D eigenvalue weighted by atomic mass is 32.1. The maximum atomic E-state index is 12.0. The fourth-order valence-corrected chi connectivity index (χ4v) is 5.39. The number of fused-ring (bicyclic) bond motifs is 1. The third kappa shape index (κ3) is 5.48. The fourth-order valence-electron chi connectivity index (χ4n) is 4.25. The van der Waals surface area contributed by atoms with E-state index in [1.165, 1.54) is 21.8 Å². The summed E-state index contributed by atoms with van der Waals surface area (Å²) in [5.41, 5.74) is 10.4. The molecule has 0 bridgehead atoms. The summed E-state index contributed by atoms with van der Waals surface area (Å²) in [5.74, 6) is 0.695. The maximum Gasteiger partial charge on any atom is 0.321 e. The average molecular weight is 504 g/mol. The van der Waals surface area contributed by atoms with Crippen LogP contribution in [0.5, 0.6) is 5.75 Å². The fraction of sp³-hybridized carbons (Fsp3) is 0.296. The molecule has 186 valence electrons. The molecule has 1 saturated heterocycles. The number of nitrogens with zero attached hydrogens (tertiary/aromatic N) is 4. The van der Waals surface area contributed by atoms with Gasteiger partial charge in [0, 0.05) is 44.0 Å². The van der Waals surface area contributed by atoms with Gasteiger partial charge in [0.25, 0.3) is 0 Å². The summed E-state index contributed by atoms with van der Waals surface area (Å²) in [5, 5.41) is 0.561. The lowest BCUT2D eigenvalue weighted by Crippen LogP contribution is -2.35. The van der Waals surface area contributed by atoms with E-state index in [2.05, 4.69) is 17.0 Å². The molecule has 0 saturated carbocycles. The van der Waals surface area contributed by atoms with Crippen LogP contribution in [0, 0.1) is 0 Å². The molecule has 0 spiro atoms. The van der Waals surface area contributed by atoms with E-state index >= 15 is 0 Å². The zero-order valence-corrected chi connectivity index (χ0v) is 21.0. The number of anilines is 1. The van der Waals surface area contributed by atoms with Gasteiger partial charge in [0.05, 0.1) is 29.1 Å². The summed E-state index contributed by atoms with van der Waals surface area (Å²) in [6.45, 7) is 6.96. The zero-order valence-electron chi connectivity index (χ0n) is 20.2. The molecule has 1 fully saturated rings. The first-order chi connectivity index (χ1) is 17.6. The highest BCUT2D eigenvalue weighted by Crippen LogP contribution is 2.39. The van der Waals surface area contributed by atoms with Crippen molar-refractivity contribution < 1.29 is 14.3 Å². The number of amides is 2. The molecule has 1 aliphatic heterocycles. The van der Waals surface area contributed by atoms with E-state index in [9.17, 15) is 4.79 Å². The summed E-state index contributed by atoms with van der Waals surface area (Å²) in [6, 6.07) is 17.6. The molecule has 2 amide bonds. The monoisotopic (exact) mass is 503 g/mol. The normalized spacial score (nSPS) is 14.1. The van der Waals surface area contributed by atoms with Gasteiger partial charge in [-0.1, -0.05) is 41.7 Å². The van der Waals surface area contributed by atoms with Crippen molar-refractivity contribution in [1.82, 2.24) is 14.9 Å². The highest BCUT2D eigenvalue weighted by Gasteiger charge is 2.20. The average Bonchev–Trinajstić information content (AvgIpc) is 3.32. The Hall–Kier alpha value is -3.53. The lowest BCUT2D eigenvalue weighted by Gasteiger charge is -2.26. The molecule has 2 N–H and O–H groups in total. The molecule has 0 aliphatic carbocycles. The van der Waals surface area contributed by atoms with Crippen molar-refractivity contribution in [3.05, 3.63) is 71.9 Å². The molecule has 4 aromatic rings. The Labute approximate surface area is 214 Å². The summed E-state index contributed by atoms with van der Waals surface area (Å²) in [4.78, 5) is 25.3. The van der Waals surface area contributed by atoms with E-state index in [0.29, 0.717) is 24.0 Å². The zero-order chi connectivity index (χ0) is 24.9. The first-order valence-corrected chi connectivity index (χ1v) is 12.9. The van der Waals surface area contributed by atoms with Crippen LogP contribution in [0.4, 0.5) is 9.93 Å². The van der Waals surface area contributed by atoms with Gasteiger partial charge >= 0.3 is 6.03 Å². The second kappa shape index (κ2) is 11.0. The van der Waals surface area contributed by atoms with Crippen LogP contribution in [0.3, 0.4) is 0 Å². The van der Waals surface area contributed by atoms with Crippen molar-refractivity contribution in [3.8, 4) is 17.0 Å². The van der Waals surface area contributed by atoms with E-state index in [0.717, 1.165) is 59.9 Å². The van der Waals surface area contributed by atoms with Crippen molar-refractivity contribution in [3.63, 3.8) is 0 Å². The molecule has 0 radical (unpaired) electrons. The molecule has 8 nitrogen and oxygen atoms in total. The SMILES string of the molecule is CCN(C(N)=O)c1nc2cc(OCc3ccccc3)cc(-c3cc(CN4CCOCC4)ccn3)c2s1. The number of aromatic nitrogens is 2. The number of hydrogen-bond acceptors (Lipinski definition) is 7. The third-order valence-electron chi connectivity index (χ3n) is 6.12. The van der Waals surface area contributed by atoms with Crippen LogP contribution >= 0.6 is 11.3 Å². The van der Waals surface area contributed by atoms with Gasteiger partial charge < -0.3 is 15.2 Å². The minimum absolute atomic E-state index is 0.440. The van der Waals surface area contributed by atoms with Gasteiger partial charge in [-0.2, -0.15) is 0 Å². The molecule has 1 aliphatic rings. The minimum Gasteiger partial charge on any atom is -0.489 e. The molecule has 2 aromatic heterocycles. The van der Waals surface area contributed by atoms with Crippen molar-refractivity contribution in [2.45, 2.75) is 20.1 Å².